The van der Waals surface area contributed by atoms with Gasteiger partial charge < -0.3 is 9.47 Å². The minimum atomic E-state index is -3.72. The van der Waals surface area contributed by atoms with E-state index in [1.54, 1.807) is 26.8 Å². The molecular weight excluding hydrogens is 384 g/mol. The molecule has 27 heavy (non-hydrogen) atoms. The molecular formula is C20H26O5S2. The van der Waals surface area contributed by atoms with Crippen LogP contribution in [-0.2, 0) is 19.4 Å². The van der Waals surface area contributed by atoms with E-state index < -0.39 is 27.2 Å². The highest BCUT2D eigenvalue weighted by molar-refractivity contribution is 7.94. The third-order valence-electron chi connectivity index (χ3n) is 3.52. The summed E-state index contributed by atoms with van der Waals surface area (Å²) in [6.45, 7) is 7.91. The Morgan fingerprint density at radius 1 is 1.07 bits per heavy atom. The Morgan fingerprint density at radius 3 is 2.33 bits per heavy atom. The molecule has 0 unspecified atom stereocenters. The molecule has 2 aromatic rings. The monoisotopic (exact) mass is 410 g/mol. The Morgan fingerprint density at radius 2 is 1.74 bits per heavy atom. The highest BCUT2D eigenvalue weighted by Crippen LogP contribution is 2.32. The number of unbranched alkanes of at least 4 members (excludes halogenated alkanes) is 1. The highest BCUT2D eigenvalue weighted by atomic mass is 32.2. The van der Waals surface area contributed by atoms with E-state index in [1.165, 1.54) is 6.07 Å². The number of hydrogen-bond donors (Lipinski definition) is 0. The van der Waals surface area contributed by atoms with Crippen molar-refractivity contribution in [1.29, 1.82) is 0 Å². The number of carbonyl (C=O) groups excluding carboxylic acids is 1. The van der Waals surface area contributed by atoms with Crippen LogP contribution in [0.5, 0.6) is 5.75 Å². The van der Waals surface area contributed by atoms with Crippen LogP contribution in [0.3, 0.4) is 0 Å². The first-order valence-corrected chi connectivity index (χ1v) is 11.4. The van der Waals surface area contributed by atoms with Gasteiger partial charge in [-0.25, -0.2) is 8.42 Å². The topological polar surface area (TPSA) is 69.7 Å². The third-order valence-corrected chi connectivity index (χ3v) is 6.83. The summed E-state index contributed by atoms with van der Waals surface area (Å²) < 4.78 is 35.8. The van der Waals surface area contributed by atoms with Crippen molar-refractivity contribution in [3.05, 3.63) is 36.4 Å². The van der Waals surface area contributed by atoms with E-state index in [0.29, 0.717) is 6.61 Å². The first-order chi connectivity index (χ1) is 12.6. The lowest BCUT2D eigenvalue weighted by Crippen LogP contribution is -2.28. The SMILES string of the molecule is CCCCOc1ccc(-c2ccc(S(=O)(=O)CC(=O)OC(C)(C)C)s2)cc1. The Bertz CT molecular complexity index is 859. The Labute approximate surface area is 165 Å². The fraction of sp³-hybridized carbons (Fsp3) is 0.450. The molecule has 0 atom stereocenters. The Kier molecular flexibility index (Phi) is 7.06. The fourth-order valence-electron chi connectivity index (χ4n) is 2.29. The molecule has 1 heterocycles. The van der Waals surface area contributed by atoms with E-state index in [1.807, 2.05) is 24.3 Å². The van der Waals surface area contributed by atoms with Gasteiger partial charge in [-0.3, -0.25) is 4.79 Å². The second-order valence-corrected chi connectivity index (χ2v) is 10.5. The van der Waals surface area contributed by atoms with Crippen LogP contribution in [0.1, 0.15) is 40.5 Å². The lowest BCUT2D eigenvalue weighted by molar-refractivity contribution is -0.151. The zero-order chi connectivity index (χ0) is 20.1. The lowest BCUT2D eigenvalue weighted by Gasteiger charge is -2.19. The van der Waals surface area contributed by atoms with E-state index in [4.69, 9.17) is 9.47 Å². The van der Waals surface area contributed by atoms with E-state index in [9.17, 15) is 13.2 Å². The normalized spacial score (nSPS) is 12.0. The Hall–Kier alpha value is -1.86. The van der Waals surface area contributed by atoms with Crippen molar-refractivity contribution in [2.75, 3.05) is 12.4 Å². The van der Waals surface area contributed by atoms with Gasteiger partial charge >= 0.3 is 5.97 Å². The fourth-order valence-corrected chi connectivity index (χ4v) is 4.77. The molecule has 5 nitrogen and oxygen atoms in total. The van der Waals surface area contributed by atoms with Gasteiger partial charge in [0.15, 0.2) is 15.6 Å². The number of esters is 1. The number of carbonyl (C=O) groups is 1. The molecule has 0 radical (unpaired) electrons. The van der Waals surface area contributed by atoms with Crippen molar-refractivity contribution in [1.82, 2.24) is 0 Å². The molecule has 0 aliphatic rings. The van der Waals surface area contributed by atoms with Crippen molar-refractivity contribution in [2.24, 2.45) is 0 Å². The van der Waals surface area contributed by atoms with Crippen molar-refractivity contribution >= 4 is 27.1 Å². The van der Waals surface area contributed by atoms with Gasteiger partial charge in [0.1, 0.15) is 15.6 Å². The lowest BCUT2D eigenvalue weighted by atomic mass is 10.2. The molecule has 7 heteroatoms. The van der Waals surface area contributed by atoms with Gasteiger partial charge in [-0.05, 0) is 69.2 Å². The van der Waals surface area contributed by atoms with E-state index in [0.717, 1.165) is 40.4 Å². The number of rotatable bonds is 8. The second-order valence-electron chi connectivity index (χ2n) is 7.19. The maximum absolute atomic E-state index is 12.5. The zero-order valence-electron chi connectivity index (χ0n) is 16.2. The molecule has 2 rings (SSSR count). The van der Waals surface area contributed by atoms with Gasteiger partial charge in [-0.15, -0.1) is 11.3 Å². The quantitative estimate of drug-likeness (QED) is 0.466. The predicted octanol–water partition coefficient (Wildman–Crippen LogP) is 4.71. The van der Waals surface area contributed by atoms with Crippen LogP contribution in [0.15, 0.2) is 40.6 Å². The molecule has 0 N–H and O–H groups in total. The largest absolute Gasteiger partial charge is 0.494 e. The summed E-state index contributed by atoms with van der Waals surface area (Å²) in [5.41, 5.74) is 0.190. The summed E-state index contributed by atoms with van der Waals surface area (Å²) in [7, 11) is -3.72. The molecule has 0 amide bonds. The van der Waals surface area contributed by atoms with Crippen LogP contribution in [0.4, 0.5) is 0 Å². The summed E-state index contributed by atoms with van der Waals surface area (Å²) in [6.07, 6.45) is 2.08. The molecule has 0 aliphatic heterocycles. The number of benzene rings is 1. The third kappa shape index (κ3) is 6.66. The van der Waals surface area contributed by atoms with Crippen molar-refractivity contribution in [3.8, 4) is 16.2 Å². The molecule has 0 saturated heterocycles. The zero-order valence-corrected chi connectivity index (χ0v) is 17.8. The smallest absolute Gasteiger partial charge is 0.322 e. The van der Waals surface area contributed by atoms with Gasteiger partial charge in [0.25, 0.3) is 0 Å². The van der Waals surface area contributed by atoms with Gasteiger partial charge in [0.05, 0.1) is 6.61 Å². The molecule has 0 aliphatic carbocycles. The highest BCUT2D eigenvalue weighted by Gasteiger charge is 2.25. The molecule has 0 fully saturated rings. The van der Waals surface area contributed by atoms with Crippen molar-refractivity contribution in [3.63, 3.8) is 0 Å². The number of ether oxygens (including phenoxy) is 2. The van der Waals surface area contributed by atoms with Crippen molar-refractivity contribution < 1.29 is 22.7 Å². The number of thiophene rings is 1. The molecule has 0 bridgehead atoms. The summed E-state index contributed by atoms with van der Waals surface area (Å²) >= 11 is 1.14. The van der Waals surface area contributed by atoms with Crippen LogP contribution in [0.2, 0.25) is 0 Å². The average Bonchev–Trinajstić information content (AvgIpc) is 3.04. The molecule has 0 spiro atoms. The van der Waals surface area contributed by atoms with Crippen LogP contribution in [0, 0.1) is 0 Å². The van der Waals surface area contributed by atoms with Gasteiger partial charge in [-0.1, -0.05) is 13.3 Å². The minimum absolute atomic E-state index is 0.159. The molecule has 1 aromatic heterocycles. The standard InChI is InChI=1S/C20H26O5S2/c1-5-6-13-24-16-9-7-15(8-10-16)17-11-12-19(26-17)27(22,23)14-18(21)25-20(2,3)4/h7-12H,5-6,13-14H2,1-4H3. The van der Waals surface area contributed by atoms with Gasteiger partial charge in [-0.2, -0.15) is 0 Å². The predicted molar refractivity (Wildman–Crippen MR) is 108 cm³/mol. The molecule has 148 valence electrons. The maximum atomic E-state index is 12.5. The summed E-state index contributed by atoms with van der Waals surface area (Å²) in [5, 5.41) is 0. The van der Waals surface area contributed by atoms with Crippen LogP contribution >= 0.6 is 11.3 Å². The van der Waals surface area contributed by atoms with Crippen LogP contribution < -0.4 is 4.74 Å². The van der Waals surface area contributed by atoms with Crippen LogP contribution in [-0.4, -0.2) is 32.3 Å². The van der Waals surface area contributed by atoms with E-state index in [-0.39, 0.29) is 4.21 Å². The number of sulfone groups is 1. The molecule has 0 saturated carbocycles. The first-order valence-electron chi connectivity index (χ1n) is 8.88. The van der Waals surface area contributed by atoms with Gasteiger partial charge in [0, 0.05) is 4.88 Å². The van der Waals surface area contributed by atoms with Gasteiger partial charge in [0.2, 0.25) is 0 Å². The summed E-state index contributed by atoms with van der Waals surface area (Å²) in [5.74, 6) is -0.610. The number of hydrogen-bond acceptors (Lipinski definition) is 6. The summed E-state index contributed by atoms with van der Waals surface area (Å²) in [4.78, 5) is 12.7. The van der Waals surface area contributed by atoms with E-state index >= 15 is 0 Å². The van der Waals surface area contributed by atoms with Crippen molar-refractivity contribution in [2.45, 2.75) is 50.3 Å². The summed E-state index contributed by atoms with van der Waals surface area (Å²) in [6, 6.07) is 10.8. The second kappa shape index (κ2) is 8.89. The maximum Gasteiger partial charge on any atom is 0.322 e. The minimum Gasteiger partial charge on any atom is -0.494 e. The average molecular weight is 411 g/mol. The molecule has 1 aromatic carbocycles. The van der Waals surface area contributed by atoms with Crippen LogP contribution in [0.25, 0.3) is 10.4 Å². The van der Waals surface area contributed by atoms with E-state index in [2.05, 4.69) is 6.92 Å². The Balaban J connectivity index is 2.08. The first kappa shape index (κ1) is 21.4.